The molecule has 1 aliphatic carbocycles. The maximum absolute atomic E-state index is 10.1. The Morgan fingerprint density at radius 1 is 1.28 bits per heavy atom. The van der Waals surface area contributed by atoms with Crippen LogP contribution in [-0.2, 0) is 13.7 Å². The van der Waals surface area contributed by atoms with Crippen molar-refractivity contribution in [1.29, 1.82) is 0 Å². The second-order valence-corrected chi connectivity index (χ2v) is 9.08. The molecule has 3 aromatic heterocycles. The van der Waals surface area contributed by atoms with Crippen LogP contribution in [0, 0.1) is 0 Å². The number of nitrogens with one attached hydrogen (secondary N) is 1. The topological polar surface area (TPSA) is 122 Å². The van der Waals surface area contributed by atoms with Gasteiger partial charge >= 0.3 is 0 Å². The van der Waals surface area contributed by atoms with Crippen molar-refractivity contribution in [3.05, 3.63) is 28.0 Å². The zero-order chi connectivity index (χ0) is 22.6. The number of halogens is 2. The first kappa shape index (κ1) is 21.4. The molecule has 1 aliphatic rings. The van der Waals surface area contributed by atoms with Crippen molar-refractivity contribution < 1.29 is 5.11 Å². The van der Waals surface area contributed by atoms with Gasteiger partial charge in [-0.25, -0.2) is 9.97 Å². The molecule has 32 heavy (non-hydrogen) atoms. The van der Waals surface area contributed by atoms with Crippen molar-refractivity contribution >= 4 is 51.1 Å². The Bertz CT molecular complexity index is 1320. The summed E-state index contributed by atoms with van der Waals surface area (Å²) >= 11 is 13.1. The van der Waals surface area contributed by atoms with Crippen molar-refractivity contribution in [2.24, 2.45) is 12.8 Å². The van der Waals surface area contributed by atoms with E-state index in [4.69, 9.17) is 38.9 Å². The lowest BCUT2D eigenvalue weighted by molar-refractivity contribution is 0.276. The Labute approximate surface area is 194 Å². The van der Waals surface area contributed by atoms with Crippen LogP contribution in [0.1, 0.15) is 31.4 Å². The first-order valence-corrected chi connectivity index (χ1v) is 11.3. The molecule has 11 heteroatoms. The van der Waals surface area contributed by atoms with Gasteiger partial charge in [0.2, 0.25) is 0 Å². The predicted octanol–water partition coefficient (Wildman–Crippen LogP) is 3.41. The molecule has 4 N–H and O–H groups in total. The monoisotopic (exact) mass is 474 g/mol. The number of fused-ring (bicyclic) bond motifs is 2. The van der Waals surface area contributed by atoms with Gasteiger partial charge in [0, 0.05) is 31.7 Å². The SMILES string of the molecule is CN(c1nc2[nH]nc(-c3ccc4nn(C)c(Cl)c4c3Cl)c2nc1CO)[C@@H]1CCC[C@H](N)C1. The molecule has 0 bridgehead atoms. The Morgan fingerprint density at radius 2 is 2.09 bits per heavy atom. The average Bonchev–Trinajstić information content (AvgIpc) is 3.33. The van der Waals surface area contributed by atoms with Crippen LogP contribution < -0.4 is 10.6 Å². The van der Waals surface area contributed by atoms with Gasteiger partial charge in [0.1, 0.15) is 22.1 Å². The van der Waals surface area contributed by atoms with Crippen LogP contribution in [0.2, 0.25) is 10.2 Å². The first-order valence-electron chi connectivity index (χ1n) is 10.5. The minimum atomic E-state index is -0.243. The molecule has 9 nitrogen and oxygen atoms in total. The van der Waals surface area contributed by atoms with Crippen LogP contribution in [0.4, 0.5) is 5.82 Å². The van der Waals surface area contributed by atoms with Crippen LogP contribution in [0.3, 0.4) is 0 Å². The summed E-state index contributed by atoms with van der Waals surface area (Å²) < 4.78 is 1.58. The number of benzene rings is 1. The number of aromatic amines is 1. The molecule has 1 fully saturated rings. The molecule has 0 saturated heterocycles. The van der Waals surface area contributed by atoms with E-state index in [2.05, 4.69) is 20.2 Å². The quantitative estimate of drug-likeness (QED) is 0.414. The third-order valence-electron chi connectivity index (χ3n) is 6.29. The maximum atomic E-state index is 10.1. The number of hydrogen-bond donors (Lipinski definition) is 3. The Morgan fingerprint density at radius 3 is 2.84 bits per heavy atom. The molecule has 1 aromatic carbocycles. The Kier molecular flexibility index (Phi) is 5.45. The minimum Gasteiger partial charge on any atom is -0.390 e. The van der Waals surface area contributed by atoms with Crippen LogP contribution in [0.5, 0.6) is 0 Å². The average molecular weight is 475 g/mol. The van der Waals surface area contributed by atoms with Gasteiger partial charge in [-0.3, -0.25) is 9.78 Å². The van der Waals surface area contributed by atoms with Gasteiger partial charge in [-0.2, -0.15) is 10.2 Å². The summed E-state index contributed by atoms with van der Waals surface area (Å²) in [6.45, 7) is -0.243. The number of hydrogen-bond acceptors (Lipinski definition) is 7. The largest absolute Gasteiger partial charge is 0.390 e. The van der Waals surface area contributed by atoms with E-state index in [1.165, 1.54) is 0 Å². The van der Waals surface area contributed by atoms with Crippen LogP contribution in [-0.4, -0.2) is 54.2 Å². The highest BCUT2D eigenvalue weighted by Gasteiger charge is 2.27. The van der Waals surface area contributed by atoms with Crippen LogP contribution in [0.25, 0.3) is 33.3 Å². The van der Waals surface area contributed by atoms with E-state index in [0.717, 1.165) is 25.7 Å². The summed E-state index contributed by atoms with van der Waals surface area (Å²) in [6, 6.07) is 4.12. The standard InChI is InChI=1S/C21H24Cl2N8O/c1-30(11-5-3-4-10(24)8-11)21-14(9-32)25-18-17(27-28-20(18)26-21)12-6-7-13-15(16(12)22)19(23)31(2)29-13/h6-7,10-11,32H,3-5,8-9,24H2,1-2H3,(H,26,27,28)/t10-,11+/m0/s1. The molecule has 5 rings (SSSR count). The second kappa shape index (κ2) is 8.15. The fourth-order valence-electron chi connectivity index (χ4n) is 4.56. The van der Waals surface area contributed by atoms with Crippen LogP contribution in [0.15, 0.2) is 12.1 Å². The number of nitrogens with two attached hydrogens (primary N) is 1. The van der Waals surface area contributed by atoms with Crippen molar-refractivity contribution in [3.8, 4) is 11.3 Å². The lowest BCUT2D eigenvalue weighted by Gasteiger charge is -2.35. The number of H-pyrrole nitrogens is 1. The summed E-state index contributed by atoms with van der Waals surface area (Å²) in [7, 11) is 3.74. The van der Waals surface area contributed by atoms with E-state index >= 15 is 0 Å². The first-order chi connectivity index (χ1) is 15.4. The zero-order valence-corrected chi connectivity index (χ0v) is 19.3. The van der Waals surface area contributed by atoms with Crippen molar-refractivity contribution in [2.75, 3.05) is 11.9 Å². The van der Waals surface area contributed by atoms with Crippen molar-refractivity contribution in [1.82, 2.24) is 29.9 Å². The van der Waals surface area contributed by atoms with Gasteiger partial charge in [-0.1, -0.05) is 23.2 Å². The summed E-state index contributed by atoms with van der Waals surface area (Å²) in [5, 5.41) is 23.4. The van der Waals surface area contributed by atoms with E-state index in [1.54, 1.807) is 11.7 Å². The lowest BCUT2D eigenvalue weighted by Crippen LogP contribution is -2.41. The summed E-state index contributed by atoms with van der Waals surface area (Å²) in [5.74, 6) is 0.631. The normalized spacial score (nSPS) is 19.2. The Hall–Kier alpha value is -2.46. The number of anilines is 1. The molecule has 0 aliphatic heterocycles. The van der Waals surface area contributed by atoms with E-state index in [0.29, 0.717) is 55.0 Å². The number of aliphatic hydroxyl groups is 1. The second-order valence-electron chi connectivity index (χ2n) is 8.35. The smallest absolute Gasteiger partial charge is 0.177 e. The number of rotatable bonds is 4. The van der Waals surface area contributed by atoms with Gasteiger partial charge in [0.25, 0.3) is 0 Å². The van der Waals surface area contributed by atoms with Gasteiger partial charge in [-0.15, -0.1) is 0 Å². The third-order valence-corrected chi connectivity index (χ3v) is 7.11. The summed E-state index contributed by atoms with van der Waals surface area (Å²) in [5.41, 5.74) is 9.63. The molecule has 0 radical (unpaired) electrons. The maximum Gasteiger partial charge on any atom is 0.177 e. The number of nitrogens with zero attached hydrogens (tertiary/aromatic N) is 6. The minimum absolute atomic E-state index is 0.181. The van der Waals surface area contributed by atoms with E-state index < -0.39 is 0 Å². The fraction of sp³-hybridized carbons (Fsp3) is 0.429. The third kappa shape index (κ3) is 3.40. The number of aromatic nitrogens is 6. The molecule has 3 heterocycles. The highest BCUT2D eigenvalue weighted by atomic mass is 35.5. The van der Waals surface area contributed by atoms with E-state index in [-0.39, 0.29) is 18.7 Å². The zero-order valence-electron chi connectivity index (χ0n) is 17.8. The van der Waals surface area contributed by atoms with E-state index in [1.807, 2.05) is 19.2 Å². The van der Waals surface area contributed by atoms with Crippen molar-refractivity contribution in [2.45, 2.75) is 44.4 Å². The number of aryl methyl sites for hydroxylation is 1. The van der Waals surface area contributed by atoms with Gasteiger partial charge < -0.3 is 15.7 Å². The molecule has 2 atom stereocenters. The molecular formula is C21H24Cl2N8O. The van der Waals surface area contributed by atoms with Gasteiger partial charge in [0.15, 0.2) is 11.5 Å². The summed E-state index contributed by atoms with van der Waals surface area (Å²) in [4.78, 5) is 11.6. The highest BCUT2D eigenvalue weighted by Crippen LogP contribution is 2.39. The summed E-state index contributed by atoms with van der Waals surface area (Å²) in [6.07, 6.45) is 4.03. The molecule has 4 aromatic rings. The fourth-order valence-corrected chi connectivity index (χ4v) is 5.18. The lowest BCUT2D eigenvalue weighted by atomic mass is 9.91. The van der Waals surface area contributed by atoms with Gasteiger partial charge in [0.05, 0.1) is 22.5 Å². The van der Waals surface area contributed by atoms with Crippen molar-refractivity contribution in [3.63, 3.8) is 0 Å². The van der Waals surface area contributed by atoms with Gasteiger partial charge in [-0.05, 0) is 37.8 Å². The predicted molar refractivity (Wildman–Crippen MR) is 126 cm³/mol. The molecule has 0 spiro atoms. The van der Waals surface area contributed by atoms with E-state index in [9.17, 15) is 5.11 Å². The number of aliphatic hydroxyl groups excluding tert-OH is 1. The molecule has 0 amide bonds. The molecule has 1 saturated carbocycles. The Balaban J connectivity index is 1.61. The highest BCUT2D eigenvalue weighted by molar-refractivity contribution is 6.43. The molecular weight excluding hydrogens is 451 g/mol. The molecule has 168 valence electrons. The van der Waals surface area contributed by atoms with Crippen LogP contribution >= 0.6 is 23.2 Å². The molecule has 0 unspecified atom stereocenters.